The van der Waals surface area contributed by atoms with Crippen molar-refractivity contribution in [3.63, 3.8) is 0 Å². The summed E-state index contributed by atoms with van der Waals surface area (Å²) in [6, 6.07) is 6.42. The zero-order valence-electron chi connectivity index (χ0n) is 10.0. The van der Waals surface area contributed by atoms with Crippen LogP contribution in [0, 0.1) is 0 Å². The number of nitrogens with two attached hydrogens (primary N) is 1. The molecule has 0 aliphatic heterocycles. The number of aryl methyl sites for hydroxylation is 1. The van der Waals surface area contributed by atoms with Crippen LogP contribution < -0.4 is 10.5 Å². The first-order valence-electron chi connectivity index (χ1n) is 5.75. The molecule has 1 aromatic carbocycles. The van der Waals surface area contributed by atoms with Crippen LogP contribution in [0.5, 0.6) is 5.75 Å². The van der Waals surface area contributed by atoms with Gasteiger partial charge in [-0.2, -0.15) is 0 Å². The highest BCUT2D eigenvalue weighted by Crippen LogP contribution is 2.24. The van der Waals surface area contributed by atoms with Gasteiger partial charge >= 0.3 is 0 Å². The van der Waals surface area contributed by atoms with Gasteiger partial charge in [-0.25, -0.2) is 0 Å². The van der Waals surface area contributed by atoms with Gasteiger partial charge in [0, 0.05) is 10.5 Å². The monoisotopic (exact) mass is 285 g/mol. The van der Waals surface area contributed by atoms with Crippen molar-refractivity contribution in [2.45, 2.75) is 38.6 Å². The van der Waals surface area contributed by atoms with Gasteiger partial charge in [0.2, 0.25) is 0 Å². The third-order valence-corrected chi connectivity index (χ3v) is 3.57. The van der Waals surface area contributed by atoms with E-state index in [1.807, 2.05) is 12.1 Å². The summed E-state index contributed by atoms with van der Waals surface area (Å²) in [7, 11) is 1.69. The minimum atomic E-state index is 0.337. The fraction of sp³-hybridized carbons (Fsp3) is 0.538. The molecule has 1 rings (SSSR count). The lowest BCUT2D eigenvalue weighted by molar-refractivity contribution is 0.414. The molecule has 2 nitrogen and oxygen atoms in total. The number of hydrogen-bond acceptors (Lipinski definition) is 2. The van der Waals surface area contributed by atoms with Crippen molar-refractivity contribution in [2.75, 3.05) is 7.11 Å². The lowest BCUT2D eigenvalue weighted by Gasteiger charge is -2.10. The summed E-state index contributed by atoms with van der Waals surface area (Å²) in [5, 5.41) is 0. The average Bonchev–Trinajstić information content (AvgIpc) is 2.31. The van der Waals surface area contributed by atoms with E-state index < -0.39 is 0 Å². The van der Waals surface area contributed by atoms with E-state index in [1.54, 1.807) is 7.11 Å². The fourth-order valence-corrected chi connectivity index (χ4v) is 2.07. The molecule has 0 aromatic heterocycles. The second-order valence-electron chi connectivity index (χ2n) is 4.02. The molecule has 0 saturated heterocycles. The van der Waals surface area contributed by atoms with Crippen molar-refractivity contribution in [2.24, 2.45) is 5.73 Å². The predicted octanol–water partition coefficient (Wildman–Crippen LogP) is 3.52. The van der Waals surface area contributed by atoms with Crippen molar-refractivity contribution < 1.29 is 4.74 Å². The van der Waals surface area contributed by atoms with E-state index >= 15 is 0 Å². The standard InChI is InChI=1S/C13H20BrNO/c1-3-11(15)6-4-5-10-9-12(16-2)7-8-13(10)14/h7-9,11H,3-6,15H2,1-2H3. The van der Waals surface area contributed by atoms with E-state index in [2.05, 4.69) is 28.9 Å². The molecular formula is C13H20BrNO. The van der Waals surface area contributed by atoms with Gasteiger partial charge in [0.05, 0.1) is 7.11 Å². The van der Waals surface area contributed by atoms with Crippen LogP contribution in [0.25, 0.3) is 0 Å². The predicted molar refractivity (Wildman–Crippen MR) is 71.9 cm³/mol. The largest absolute Gasteiger partial charge is 0.497 e. The molecule has 0 aliphatic carbocycles. The minimum absolute atomic E-state index is 0.337. The molecule has 0 amide bonds. The van der Waals surface area contributed by atoms with E-state index in [0.717, 1.165) is 35.9 Å². The van der Waals surface area contributed by atoms with E-state index in [-0.39, 0.29) is 0 Å². The Kier molecular flexibility index (Phi) is 5.85. The van der Waals surface area contributed by atoms with Gasteiger partial charge in [0.15, 0.2) is 0 Å². The quantitative estimate of drug-likeness (QED) is 0.868. The van der Waals surface area contributed by atoms with Gasteiger partial charge in [-0.05, 0) is 49.4 Å². The Hall–Kier alpha value is -0.540. The molecule has 90 valence electrons. The van der Waals surface area contributed by atoms with Gasteiger partial charge in [0.1, 0.15) is 5.75 Å². The second kappa shape index (κ2) is 6.92. The third kappa shape index (κ3) is 4.14. The molecule has 16 heavy (non-hydrogen) atoms. The van der Waals surface area contributed by atoms with Gasteiger partial charge in [-0.1, -0.05) is 22.9 Å². The highest BCUT2D eigenvalue weighted by Gasteiger charge is 2.04. The summed E-state index contributed by atoms with van der Waals surface area (Å²) in [4.78, 5) is 0. The molecule has 1 atom stereocenters. The molecular weight excluding hydrogens is 266 g/mol. The van der Waals surface area contributed by atoms with Gasteiger partial charge in [-0.15, -0.1) is 0 Å². The molecule has 1 unspecified atom stereocenters. The molecule has 0 bridgehead atoms. The molecule has 0 saturated carbocycles. The maximum atomic E-state index is 5.89. The maximum Gasteiger partial charge on any atom is 0.119 e. The van der Waals surface area contributed by atoms with Crippen LogP contribution in [0.15, 0.2) is 22.7 Å². The Morgan fingerprint density at radius 2 is 2.19 bits per heavy atom. The van der Waals surface area contributed by atoms with E-state index in [4.69, 9.17) is 10.5 Å². The maximum absolute atomic E-state index is 5.89. The fourth-order valence-electron chi connectivity index (χ4n) is 1.63. The molecule has 0 spiro atoms. The van der Waals surface area contributed by atoms with Crippen molar-refractivity contribution in [1.82, 2.24) is 0 Å². The second-order valence-corrected chi connectivity index (χ2v) is 4.87. The number of rotatable bonds is 6. The van der Waals surface area contributed by atoms with Crippen LogP contribution in [0.3, 0.4) is 0 Å². The Labute approximate surface area is 106 Å². The first kappa shape index (κ1) is 13.5. The smallest absolute Gasteiger partial charge is 0.119 e. The first-order chi connectivity index (χ1) is 7.67. The van der Waals surface area contributed by atoms with Crippen LogP contribution in [-0.2, 0) is 6.42 Å². The highest BCUT2D eigenvalue weighted by molar-refractivity contribution is 9.10. The van der Waals surface area contributed by atoms with Crippen molar-refractivity contribution >= 4 is 15.9 Å². The molecule has 0 fully saturated rings. The van der Waals surface area contributed by atoms with Gasteiger partial charge in [0.25, 0.3) is 0 Å². The van der Waals surface area contributed by atoms with Crippen LogP contribution in [0.2, 0.25) is 0 Å². The Balaban J connectivity index is 2.52. The summed E-state index contributed by atoms with van der Waals surface area (Å²) in [5.41, 5.74) is 7.19. The lowest BCUT2D eigenvalue weighted by Crippen LogP contribution is -2.18. The molecule has 0 aliphatic rings. The number of methoxy groups -OCH3 is 1. The zero-order valence-corrected chi connectivity index (χ0v) is 11.6. The van der Waals surface area contributed by atoms with Crippen molar-refractivity contribution in [3.05, 3.63) is 28.2 Å². The van der Waals surface area contributed by atoms with Crippen molar-refractivity contribution in [3.8, 4) is 5.75 Å². The molecule has 1 aromatic rings. The molecule has 0 radical (unpaired) electrons. The number of hydrogen-bond donors (Lipinski definition) is 1. The summed E-state index contributed by atoms with van der Waals surface area (Å²) in [6.45, 7) is 2.13. The topological polar surface area (TPSA) is 35.2 Å². The Morgan fingerprint density at radius 3 is 2.81 bits per heavy atom. The highest BCUT2D eigenvalue weighted by atomic mass is 79.9. The van der Waals surface area contributed by atoms with Gasteiger partial charge < -0.3 is 10.5 Å². The Bertz CT molecular complexity index is 328. The van der Waals surface area contributed by atoms with E-state index in [0.29, 0.717) is 6.04 Å². The first-order valence-corrected chi connectivity index (χ1v) is 6.54. The lowest BCUT2D eigenvalue weighted by atomic mass is 10.0. The average molecular weight is 286 g/mol. The Morgan fingerprint density at radius 1 is 1.44 bits per heavy atom. The SMILES string of the molecule is CCC(N)CCCc1cc(OC)ccc1Br. The molecule has 3 heteroatoms. The normalized spacial score (nSPS) is 12.5. The van der Waals surface area contributed by atoms with E-state index in [1.165, 1.54) is 5.56 Å². The summed E-state index contributed by atoms with van der Waals surface area (Å²) >= 11 is 3.56. The van der Waals surface area contributed by atoms with E-state index in [9.17, 15) is 0 Å². The number of benzene rings is 1. The van der Waals surface area contributed by atoms with Crippen LogP contribution in [0.4, 0.5) is 0 Å². The minimum Gasteiger partial charge on any atom is -0.497 e. The third-order valence-electron chi connectivity index (χ3n) is 2.80. The van der Waals surface area contributed by atoms with Crippen molar-refractivity contribution in [1.29, 1.82) is 0 Å². The summed E-state index contributed by atoms with van der Waals surface area (Å²) in [6.07, 6.45) is 4.31. The zero-order chi connectivity index (χ0) is 12.0. The summed E-state index contributed by atoms with van der Waals surface area (Å²) < 4.78 is 6.36. The van der Waals surface area contributed by atoms with Gasteiger partial charge in [-0.3, -0.25) is 0 Å². The van der Waals surface area contributed by atoms with Crippen LogP contribution in [0.1, 0.15) is 31.7 Å². The molecule has 2 N–H and O–H groups in total. The number of halogens is 1. The number of ether oxygens (including phenoxy) is 1. The van der Waals surface area contributed by atoms with Crippen LogP contribution >= 0.6 is 15.9 Å². The summed E-state index contributed by atoms with van der Waals surface area (Å²) in [5.74, 6) is 0.915. The molecule has 0 heterocycles. The van der Waals surface area contributed by atoms with Crippen LogP contribution in [-0.4, -0.2) is 13.2 Å².